The van der Waals surface area contributed by atoms with Crippen LogP contribution in [0, 0.1) is 0 Å². The SMILES string of the molecule is c1ccc(CN2CCN(C3(CCc4cccnc4)CC3)CC2)cc1. The highest BCUT2D eigenvalue weighted by Crippen LogP contribution is 2.45. The van der Waals surface area contributed by atoms with E-state index in [1.54, 1.807) is 0 Å². The highest BCUT2D eigenvalue weighted by Gasteiger charge is 2.47. The zero-order chi connectivity index (χ0) is 16.2. The van der Waals surface area contributed by atoms with Crippen molar-refractivity contribution in [3.63, 3.8) is 0 Å². The van der Waals surface area contributed by atoms with E-state index in [1.165, 1.54) is 56.6 Å². The Kier molecular flexibility index (Phi) is 4.63. The molecule has 1 saturated carbocycles. The van der Waals surface area contributed by atoms with Gasteiger partial charge in [-0.15, -0.1) is 0 Å². The lowest BCUT2D eigenvalue weighted by atomic mass is 10.0. The Morgan fingerprint density at radius 2 is 1.62 bits per heavy atom. The number of aromatic nitrogens is 1. The lowest BCUT2D eigenvalue weighted by molar-refractivity contribution is 0.0768. The van der Waals surface area contributed by atoms with Gasteiger partial charge in [-0.3, -0.25) is 14.8 Å². The fraction of sp³-hybridized carbons (Fsp3) is 0.476. The number of hydrogen-bond donors (Lipinski definition) is 0. The molecular formula is C21H27N3. The Morgan fingerprint density at radius 3 is 2.29 bits per heavy atom. The molecule has 0 radical (unpaired) electrons. The van der Waals surface area contributed by atoms with Crippen LogP contribution in [0.1, 0.15) is 30.4 Å². The van der Waals surface area contributed by atoms with Gasteiger partial charge in [-0.2, -0.15) is 0 Å². The van der Waals surface area contributed by atoms with Gasteiger partial charge >= 0.3 is 0 Å². The van der Waals surface area contributed by atoms with Crippen LogP contribution < -0.4 is 0 Å². The molecule has 3 nitrogen and oxygen atoms in total. The van der Waals surface area contributed by atoms with Crippen molar-refractivity contribution in [1.29, 1.82) is 0 Å². The third kappa shape index (κ3) is 3.68. The van der Waals surface area contributed by atoms with Crippen LogP contribution in [-0.2, 0) is 13.0 Å². The van der Waals surface area contributed by atoms with Crippen LogP contribution in [0.4, 0.5) is 0 Å². The number of aryl methyl sites for hydroxylation is 1. The highest BCUT2D eigenvalue weighted by molar-refractivity contribution is 5.15. The molecule has 1 aromatic heterocycles. The summed E-state index contributed by atoms with van der Waals surface area (Å²) < 4.78 is 0. The second-order valence-electron chi connectivity index (χ2n) is 7.33. The molecule has 3 heteroatoms. The van der Waals surface area contributed by atoms with Gasteiger partial charge in [0.25, 0.3) is 0 Å². The van der Waals surface area contributed by atoms with Gasteiger partial charge in [-0.05, 0) is 42.9 Å². The maximum absolute atomic E-state index is 4.25. The average molecular weight is 321 g/mol. The quantitative estimate of drug-likeness (QED) is 0.813. The molecule has 0 unspecified atom stereocenters. The zero-order valence-electron chi connectivity index (χ0n) is 14.4. The minimum absolute atomic E-state index is 0.495. The zero-order valence-corrected chi connectivity index (χ0v) is 14.4. The summed E-state index contributed by atoms with van der Waals surface area (Å²) in [6, 6.07) is 15.1. The number of piperazine rings is 1. The predicted molar refractivity (Wildman–Crippen MR) is 97.8 cm³/mol. The van der Waals surface area contributed by atoms with Crippen LogP contribution in [0.5, 0.6) is 0 Å². The van der Waals surface area contributed by atoms with Gasteiger partial charge in [-0.25, -0.2) is 0 Å². The number of rotatable bonds is 6. The molecule has 2 heterocycles. The minimum atomic E-state index is 0.495. The van der Waals surface area contributed by atoms with Crippen molar-refractivity contribution in [1.82, 2.24) is 14.8 Å². The monoisotopic (exact) mass is 321 g/mol. The number of pyridine rings is 1. The first-order valence-electron chi connectivity index (χ1n) is 9.24. The third-order valence-electron chi connectivity index (χ3n) is 5.72. The average Bonchev–Trinajstić information content (AvgIpc) is 3.44. The molecule has 1 aliphatic carbocycles. The third-order valence-corrected chi connectivity index (χ3v) is 5.72. The first-order chi connectivity index (χ1) is 11.8. The molecule has 4 rings (SSSR count). The van der Waals surface area contributed by atoms with Crippen molar-refractivity contribution >= 4 is 0 Å². The summed E-state index contributed by atoms with van der Waals surface area (Å²) in [5.74, 6) is 0. The van der Waals surface area contributed by atoms with E-state index in [0.29, 0.717) is 5.54 Å². The molecule has 2 fully saturated rings. The first kappa shape index (κ1) is 15.8. The molecular weight excluding hydrogens is 294 g/mol. The Balaban J connectivity index is 1.28. The Bertz CT molecular complexity index is 629. The summed E-state index contributed by atoms with van der Waals surface area (Å²) in [6.07, 6.45) is 9.10. The standard InChI is InChI=1S/C21H27N3/c1-2-5-20(6-3-1)18-23-13-15-24(16-14-23)21(10-11-21)9-8-19-7-4-12-22-17-19/h1-7,12,17H,8-11,13-16,18H2. The van der Waals surface area contributed by atoms with Gasteiger partial charge in [0.15, 0.2) is 0 Å². The summed E-state index contributed by atoms with van der Waals surface area (Å²) in [4.78, 5) is 9.62. The molecule has 0 spiro atoms. The largest absolute Gasteiger partial charge is 0.297 e. The molecule has 2 aromatic rings. The van der Waals surface area contributed by atoms with Gasteiger partial charge in [-0.1, -0.05) is 36.4 Å². The van der Waals surface area contributed by atoms with E-state index in [0.717, 1.165) is 13.0 Å². The molecule has 0 bridgehead atoms. The molecule has 0 N–H and O–H groups in total. The predicted octanol–water partition coefficient (Wildman–Crippen LogP) is 3.36. The molecule has 24 heavy (non-hydrogen) atoms. The van der Waals surface area contributed by atoms with Crippen molar-refractivity contribution in [2.24, 2.45) is 0 Å². The minimum Gasteiger partial charge on any atom is -0.297 e. The van der Waals surface area contributed by atoms with Crippen molar-refractivity contribution in [3.8, 4) is 0 Å². The topological polar surface area (TPSA) is 19.4 Å². The first-order valence-corrected chi connectivity index (χ1v) is 9.24. The van der Waals surface area contributed by atoms with Gasteiger partial charge in [0.1, 0.15) is 0 Å². The van der Waals surface area contributed by atoms with Crippen LogP contribution in [0.3, 0.4) is 0 Å². The molecule has 0 amide bonds. The second-order valence-corrected chi connectivity index (χ2v) is 7.33. The van der Waals surface area contributed by atoms with E-state index in [1.807, 2.05) is 12.4 Å². The van der Waals surface area contributed by atoms with E-state index in [9.17, 15) is 0 Å². The smallest absolute Gasteiger partial charge is 0.0299 e. The normalized spacial score (nSPS) is 20.8. The number of nitrogens with zero attached hydrogens (tertiary/aromatic N) is 3. The summed E-state index contributed by atoms with van der Waals surface area (Å²) >= 11 is 0. The van der Waals surface area contributed by atoms with Crippen LogP contribution >= 0.6 is 0 Å². The van der Waals surface area contributed by atoms with Gasteiger partial charge in [0.05, 0.1) is 0 Å². The van der Waals surface area contributed by atoms with Crippen molar-refractivity contribution in [2.75, 3.05) is 26.2 Å². The van der Waals surface area contributed by atoms with Crippen molar-refractivity contribution < 1.29 is 0 Å². The van der Waals surface area contributed by atoms with E-state index < -0.39 is 0 Å². The summed E-state index contributed by atoms with van der Waals surface area (Å²) in [7, 11) is 0. The lowest BCUT2D eigenvalue weighted by Crippen LogP contribution is -2.51. The Labute approximate surface area is 145 Å². The van der Waals surface area contributed by atoms with Gasteiger partial charge in [0.2, 0.25) is 0 Å². The summed E-state index contributed by atoms with van der Waals surface area (Å²) in [5.41, 5.74) is 3.31. The van der Waals surface area contributed by atoms with E-state index in [-0.39, 0.29) is 0 Å². The molecule has 0 atom stereocenters. The van der Waals surface area contributed by atoms with Crippen LogP contribution in [0.2, 0.25) is 0 Å². The number of benzene rings is 1. The van der Waals surface area contributed by atoms with Gasteiger partial charge in [0, 0.05) is 50.7 Å². The maximum atomic E-state index is 4.25. The van der Waals surface area contributed by atoms with E-state index in [4.69, 9.17) is 0 Å². The van der Waals surface area contributed by atoms with Crippen LogP contribution in [0.15, 0.2) is 54.9 Å². The molecule has 2 aliphatic rings. The molecule has 1 aromatic carbocycles. The summed E-state index contributed by atoms with van der Waals surface area (Å²) in [5, 5.41) is 0. The Hall–Kier alpha value is -1.71. The van der Waals surface area contributed by atoms with Crippen LogP contribution in [-0.4, -0.2) is 46.5 Å². The fourth-order valence-corrected chi connectivity index (χ4v) is 4.01. The Morgan fingerprint density at radius 1 is 0.875 bits per heavy atom. The summed E-state index contributed by atoms with van der Waals surface area (Å²) in [6.45, 7) is 5.93. The van der Waals surface area contributed by atoms with Crippen molar-refractivity contribution in [2.45, 2.75) is 37.8 Å². The fourth-order valence-electron chi connectivity index (χ4n) is 4.01. The molecule has 126 valence electrons. The van der Waals surface area contributed by atoms with Crippen LogP contribution in [0.25, 0.3) is 0 Å². The van der Waals surface area contributed by atoms with E-state index in [2.05, 4.69) is 57.2 Å². The van der Waals surface area contributed by atoms with E-state index >= 15 is 0 Å². The number of hydrogen-bond acceptors (Lipinski definition) is 3. The maximum Gasteiger partial charge on any atom is 0.0299 e. The lowest BCUT2D eigenvalue weighted by Gasteiger charge is -2.40. The molecule has 1 saturated heterocycles. The highest BCUT2D eigenvalue weighted by atomic mass is 15.3. The second kappa shape index (κ2) is 7.04. The van der Waals surface area contributed by atoms with Gasteiger partial charge < -0.3 is 0 Å². The van der Waals surface area contributed by atoms with Crippen molar-refractivity contribution in [3.05, 3.63) is 66.0 Å². The molecule has 1 aliphatic heterocycles.